The maximum Gasteiger partial charge on any atom is 0.315 e. The van der Waals surface area contributed by atoms with Crippen molar-refractivity contribution in [3.8, 4) is 0 Å². The Balaban J connectivity index is 2.21. The summed E-state index contributed by atoms with van der Waals surface area (Å²) in [5.41, 5.74) is 0.952. The van der Waals surface area contributed by atoms with Crippen molar-refractivity contribution < 1.29 is 14.3 Å². The highest BCUT2D eigenvalue weighted by Crippen LogP contribution is 2.37. The van der Waals surface area contributed by atoms with Crippen LogP contribution in [0.5, 0.6) is 0 Å². The Hall–Kier alpha value is -0.940. The van der Waals surface area contributed by atoms with E-state index in [9.17, 15) is 4.79 Å². The lowest BCUT2D eigenvalue weighted by Crippen LogP contribution is -2.20. The van der Waals surface area contributed by atoms with Crippen molar-refractivity contribution in [3.05, 3.63) is 15.6 Å². The van der Waals surface area contributed by atoms with E-state index >= 15 is 0 Å². The molecule has 106 valence electrons. The molecule has 0 aliphatic heterocycles. The topological polar surface area (TPSA) is 48.4 Å². The normalized spacial score (nSPS) is 19.8. The molecule has 2 unspecified atom stereocenters. The van der Waals surface area contributed by atoms with Gasteiger partial charge in [0.25, 0.3) is 0 Å². The number of carbonyl (C=O) groups excluding carboxylic acids is 1. The summed E-state index contributed by atoms with van der Waals surface area (Å²) < 4.78 is 10.3. The molecule has 0 bridgehead atoms. The van der Waals surface area contributed by atoms with E-state index in [2.05, 4.69) is 6.92 Å². The highest BCUT2D eigenvalue weighted by molar-refractivity contribution is 7.11. The fraction of sp³-hybridized carbons (Fsp3) is 0.714. The van der Waals surface area contributed by atoms with Crippen LogP contribution < -0.4 is 0 Å². The van der Waals surface area contributed by atoms with Gasteiger partial charge in [-0.15, -0.1) is 11.3 Å². The number of aromatic nitrogens is 1. The lowest BCUT2D eigenvalue weighted by molar-refractivity contribution is -0.145. The van der Waals surface area contributed by atoms with Crippen molar-refractivity contribution >= 4 is 17.3 Å². The molecule has 1 aromatic rings. The maximum atomic E-state index is 12.0. The molecule has 1 aromatic heterocycles. The molecule has 0 fully saturated rings. The van der Waals surface area contributed by atoms with Gasteiger partial charge in [0.2, 0.25) is 0 Å². The fourth-order valence-electron chi connectivity index (χ4n) is 2.44. The number of ether oxygens (including phenoxy) is 2. The molecule has 1 heterocycles. The van der Waals surface area contributed by atoms with Crippen LogP contribution in [0, 0.1) is 0 Å². The Morgan fingerprint density at radius 2 is 2.37 bits per heavy atom. The number of esters is 1. The molecule has 5 heteroatoms. The summed E-state index contributed by atoms with van der Waals surface area (Å²) in [4.78, 5) is 17.9. The monoisotopic (exact) mass is 283 g/mol. The smallest absolute Gasteiger partial charge is 0.315 e. The minimum Gasteiger partial charge on any atom is -0.465 e. The van der Waals surface area contributed by atoms with Crippen LogP contribution >= 0.6 is 11.3 Å². The van der Waals surface area contributed by atoms with Gasteiger partial charge in [-0.1, -0.05) is 6.92 Å². The zero-order valence-electron chi connectivity index (χ0n) is 11.8. The number of hydrogen-bond acceptors (Lipinski definition) is 5. The first-order valence-electron chi connectivity index (χ1n) is 6.82. The number of methoxy groups -OCH3 is 1. The van der Waals surface area contributed by atoms with Crippen LogP contribution in [-0.4, -0.2) is 31.3 Å². The van der Waals surface area contributed by atoms with Crippen LogP contribution in [0.4, 0.5) is 0 Å². The van der Waals surface area contributed by atoms with Gasteiger partial charge in [-0.2, -0.15) is 0 Å². The number of nitrogens with zero attached hydrogens (tertiary/aromatic N) is 1. The van der Waals surface area contributed by atoms with Gasteiger partial charge in [-0.3, -0.25) is 4.79 Å². The highest BCUT2D eigenvalue weighted by Gasteiger charge is 2.31. The minimum absolute atomic E-state index is 0.125. The number of thiazole rings is 1. The second-order valence-electron chi connectivity index (χ2n) is 4.91. The summed E-state index contributed by atoms with van der Waals surface area (Å²) in [7, 11) is 1.70. The quantitative estimate of drug-likeness (QED) is 0.780. The summed E-state index contributed by atoms with van der Waals surface area (Å²) in [5, 5.41) is 1.07. The average Bonchev–Trinajstić information content (AvgIpc) is 2.82. The molecule has 0 saturated heterocycles. The Labute approximate surface area is 118 Å². The summed E-state index contributed by atoms with van der Waals surface area (Å²) in [6.45, 7) is 5.04. The van der Waals surface area contributed by atoms with Gasteiger partial charge < -0.3 is 9.47 Å². The summed E-state index contributed by atoms with van der Waals surface area (Å²) in [6.07, 6.45) is 2.92. The Morgan fingerprint density at radius 3 is 3.05 bits per heavy atom. The van der Waals surface area contributed by atoms with E-state index in [0.29, 0.717) is 13.2 Å². The molecular formula is C14H21NO3S. The third kappa shape index (κ3) is 3.15. The van der Waals surface area contributed by atoms with Crippen molar-refractivity contribution in [1.82, 2.24) is 4.98 Å². The van der Waals surface area contributed by atoms with Gasteiger partial charge in [-0.25, -0.2) is 4.98 Å². The first kappa shape index (κ1) is 14.5. The van der Waals surface area contributed by atoms with Crippen molar-refractivity contribution in [2.45, 2.75) is 44.9 Å². The Kier molecular flexibility index (Phi) is 4.93. The fourth-order valence-corrected chi connectivity index (χ4v) is 3.65. The summed E-state index contributed by atoms with van der Waals surface area (Å²) >= 11 is 1.72. The van der Waals surface area contributed by atoms with Crippen LogP contribution in [0.1, 0.15) is 54.1 Å². The van der Waals surface area contributed by atoms with Crippen molar-refractivity contribution in [1.29, 1.82) is 0 Å². The molecule has 4 nitrogen and oxygen atoms in total. The van der Waals surface area contributed by atoms with Gasteiger partial charge in [0.15, 0.2) is 0 Å². The molecule has 0 aromatic carbocycles. The molecule has 2 rings (SSSR count). The van der Waals surface area contributed by atoms with Crippen molar-refractivity contribution in [2.24, 2.45) is 0 Å². The van der Waals surface area contributed by atoms with Gasteiger partial charge >= 0.3 is 5.97 Å². The molecule has 0 radical (unpaired) electrons. The molecule has 2 atom stereocenters. The number of aryl methyl sites for hydroxylation is 1. The average molecular weight is 283 g/mol. The van der Waals surface area contributed by atoms with Gasteiger partial charge in [0, 0.05) is 17.9 Å². The molecule has 0 amide bonds. The van der Waals surface area contributed by atoms with Gasteiger partial charge in [-0.05, 0) is 26.2 Å². The van der Waals surface area contributed by atoms with E-state index in [4.69, 9.17) is 14.5 Å². The van der Waals surface area contributed by atoms with E-state index in [1.165, 1.54) is 4.88 Å². The zero-order valence-corrected chi connectivity index (χ0v) is 12.6. The standard InChI is InChI=1S/C14H21NO3S/c1-4-18-14(16)10-6-5-7-11-12(10)15-13(19-11)9(2)8-17-3/h9-10H,4-8H2,1-3H3. The zero-order chi connectivity index (χ0) is 13.8. The largest absolute Gasteiger partial charge is 0.465 e. The molecule has 19 heavy (non-hydrogen) atoms. The first-order chi connectivity index (χ1) is 9.17. The molecular weight excluding hydrogens is 262 g/mol. The molecule has 0 spiro atoms. The third-order valence-electron chi connectivity index (χ3n) is 3.38. The molecule has 1 aliphatic carbocycles. The number of hydrogen-bond donors (Lipinski definition) is 0. The summed E-state index contributed by atoms with van der Waals surface area (Å²) in [5.74, 6) is -0.00779. The molecule has 0 N–H and O–H groups in total. The highest BCUT2D eigenvalue weighted by atomic mass is 32.1. The van der Waals surface area contributed by atoms with Crippen molar-refractivity contribution in [3.63, 3.8) is 0 Å². The number of rotatable bonds is 5. The Morgan fingerprint density at radius 1 is 1.58 bits per heavy atom. The molecule has 1 aliphatic rings. The van der Waals surface area contributed by atoms with E-state index in [0.717, 1.165) is 30.0 Å². The van der Waals surface area contributed by atoms with E-state index in [1.54, 1.807) is 18.4 Å². The van der Waals surface area contributed by atoms with Crippen LogP contribution in [0.3, 0.4) is 0 Å². The van der Waals surface area contributed by atoms with Crippen LogP contribution in [0.2, 0.25) is 0 Å². The second-order valence-corrected chi connectivity index (χ2v) is 6.03. The van der Waals surface area contributed by atoms with Crippen molar-refractivity contribution in [2.75, 3.05) is 20.3 Å². The van der Waals surface area contributed by atoms with Crippen LogP contribution in [0.15, 0.2) is 0 Å². The Bertz CT molecular complexity index is 444. The predicted octanol–water partition coefficient (Wildman–Crippen LogP) is 2.88. The SMILES string of the molecule is CCOC(=O)C1CCCc2sc(C(C)COC)nc21. The summed E-state index contributed by atoms with van der Waals surface area (Å²) in [6, 6.07) is 0. The second kappa shape index (κ2) is 6.48. The number of carbonyl (C=O) groups is 1. The van der Waals surface area contributed by atoms with E-state index in [1.807, 2.05) is 6.92 Å². The number of fused-ring (bicyclic) bond motifs is 1. The maximum absolute atomic E-state index is 12.0. The first-order valence-corrected chi connectivity index (χ1v) is 7.64. The van der Waals surface area contributed by atoms with Gasteiger partial charge in [0.1, 0.15) is 5.92 Å². The molecule has 0 saturated carbocycles. The van der Waals surface area contributed by atoms with Crippen LogP contribution in [-0.2, 0) is 20.7 Å². The third-order valence-corrected chi connectivity index (χ3v) is 4.74. The van der Waals surface area contributed by atoms with E-state index < -0.39 is 0 Å². The van der Waals surface area contributed by atoms with Crippen LogP contribution in [0.25, 0.3) is 0 Å². The van der Waals surface area contributed by atoms with E-state index in [-0.39, 0.29) is 17.8 Å². The lowest BCUT2D eigenvalue weighted by Gasteiger charge is -2.19. The predicted molar refractivity (Wildman–Crippen MR) is 74.7 cm³/mol. The van der Waals surface area contributed by atoms with Gasteiger partial charge in [0.05, 0.1) is 23.9 Å². The lowest BCUT2D eigenvalue weighted by atomic mass is 9.91. The minimum atomic E-state index is -0.163.